The summed E-state index contributed by atoms with van der Waals surface area (Å²) in [5.74, 6) is -0.0271. The molecule has 0 unspecified atom stereocenters. The molecular weight excluding hydrogens is 244 g/mol. The molecule has 2 aromatic rings. The van der Waals surface area contributed by atoms with Crippen molar-refractivity contribution in [1.29, 1.82) is 0 Å². The van der Waals surface area contributed by atoms with Crippen LogP contribution in [0.5, 0.6) is 0 Å². The zero-order valence-corrected chi connectivity index (χ0v) is 10.9. The molecule has 3 N–H and O–H groups in total. The van der Waals surface area contributed by atoms with Crippen LogP contribution in [0.4, 0.5) is 17.3 Å². The van der Waals surface area contributed by atoms with Gasteiger partial charge in [0, 0.05) is 14.1 Å². The molecule has 0 saturated carbocycles. The molecule has 0 radical (unpaired) electrons. The van der Waals surface area contributed by atoms with Crippen molar-refractivity contribution in [2.45, 2.75) is 6.54 Å². The van der Waals surface area contributed by atoms with Crippen molar-refractivity contribution < 1.29 is 4.79 Å². The SMILES string of the molecule is CN(C)c1ccccc1NC(=O)Cn1cnc(N)n1. The third-order valence-corrected chi connectivity index (χ3v) is 2.52. The maximum Gasteiger partial charge on any atom is 0.246 e. The molecular formula is C12H16N6O. The van der Waals surface area contributed by atoms with E-state index in [-0.39, 0.29) is 18.4 Å². The van der Waals surface area contributed by atoms with Gasteiger partial charge in [-0.3, -0.25) is 4.79 Å². The van der Waals surface area contributed by atoms with Crippen molar-refractivity contribution in [1.82, 2.24) is 14.8 Å². The molecule has 0 atom stereocenters. The van der Waals surface area contributed by atoms with Gasteiger partial charge in [0.25, 0.3) is 0 Å². The smallest absolute Gasteiger partial charge is 0.246 e. The molecule has 0 saturated heterocycles. The van der Waals surface area contributed by atoms with E-state index in [4.69, 9.17) is 5.73 Å². The molecule has 7 heteroatoms. The summed E-state index contributed by atoms with van der Waals surface area (Å²) in [5.41, 5.74) is 7.08. The molecule has 19 heavy (non-hydrogen) atoms. The lowest BCUT2D eigenvalue weighted by Gasteiger charge is -2.17. The molecule has 0 fully saturated rings. The van der Waals surface area contributed by atoms with Crippen molar-refractivity contribution in [3.8, 4) is 0 Å². The summed E-state index contributed by atoms with van der Waals surface area (Å²) < 4.78 is 1.39. The van der Waals surface area contributed by atoms with E-state index in [9.17, 15) is 4.79 Å². The largest absolute Gasteiger partial charge is 0.376 e. The first-order valence-electron chi connectivity index (χ1n) is 5.77. The summed E-state index contributed by atoms with van der Waals surface area (Å²) in [6.07, 6.45) is 1.42. The van der Waals surface area contributed by atoms with E-state index in [1.807, 2.05) is 43.3 Å². The highest BCUT2D eigenvalue weighted by atomic mass is 16.2. The average molecular weight is 260 g/mol. The lowest BCUT2D eigenvalue weighted by Crippen LogP contribution is -2.21. The molecule has 1 aromatic carbocycles. The molecule has 100 valence electrons. The number of aromatic nitrogens is 3. The first-order chi connectivity index (χ1) is 9.06. The number of para-hydroxylation sites is 2. The Morgan fingerprint density at radius 1 is 1.42 bits per heavy atom. The van der Waals surface area contributed by atoms with Gasteiger partial charge in [-0.05, 0) is 12.1 Å². The predicted octanol–water partition coefficient (Wildman–Crippen LogP) is 0.565. The van der Waals surface area contributed by atoms with Crippen molar-refractivity contribution in [3.05, 3.63) is 30.6 Å². The zero-order valence-electron chi connectivity index (χ0n) is 10.9. The van der Waals surface area contributed by atoms with Gasteiger partial charge in [0.1, 0.15) is 12.9 Å². The highest BCUT2D eigenvalue weighted by molar-refractivity contribution is 5.94. The minimum atomic E-state index is -0.181. The number of anilines is 3. The molecule has 1 heterocycles. The van der Waals surface area contributed by atoms with Crippen LogP contribution in [0.15, 0.2) is 30.6 Å². The zero-order chi connectivity index (χ0) is 13.8. The number of nitrogens with zero attached hydrogens (tertiary/aromatic N) is 4. The Hall–Kier alpha value is -2.57. The molecule has 0 aliphatic carbocycles. The Labute approximate surface area is 111 Å². The maximum atomic E-state index is 11.9. The topological polar surface area (TPSA) is 89.1 Å². The van der Waals surface area contributed by atoms with E-state index in [0.717, 1.165) is 11.4 Å². The van der Waals surface area contributed by atoms with Crippen LogP contribution in [-0.4, -0.2) is 34.8 Å². The number of carbonyl (C=O) groups excluding carboxylic acids is 1. The highest BCUT2D eigenvalue weighted by Gasteiger charge is 2.09. The normalized spacial score (nSPS) is 10.2. The van der Waals surface area contributed by atoms with Gasteiger partial charge >= 0.3 is 0 Å². The van der Waals surface area contributed by atoms with Gasteiger partial charge in [0.15, 0.2) is 0 Å². The third kappa shape index (κ3) is 3.21. The minimum absolute atomic E-state index is 0.0754. The number of hydrogen-bond donors (Lipinski definition) is 2. The number of carbonyl (C=O) groups is 1. The van der Waals surface area contributed by atoms with E-state index in [1.165, 1.54) is 11.0 Å². The summed E-state index contributed by atoms with van der Waals surface area (Å²) in [4.78, 5) is 17.6. The van der Waals surface area contributed by atoms with E-state index >= 15 is 0 Å². The number of amides is 1. The first kappa shape index (κ1) is 12.9. The fourth-order valence-corrected chi connectivity index (χ4v) is 1.69. The summed E-state index contributed by atoms with van der Waals surface area (Å²) in [5, 5.41) is 6.70. The molecule has 1 aromatic heterocycles. The van der Waals surface area contributed by atoms with Gasteiger partial charge in [0.2, 0.25) is 11.9 Å². The van der Waals surface area contributed by atoms with Gasteiger partial charge in [-0.15, -0.1) is 5.10 Å². The Morgan fingerprint density at radius 2 is 2.16 bits per heavy atom. The van der Waals surface area contributed by atoms with Gasteiger partial charge in [-0.2, -0.15) is 0 Å². The molecule has 1 amide bonds. The van der Waals surface area contributed by atoms with Crippen molar-refractivity contribution in [2.75, 3.05) is 30.0 Å². The second-order valence-corrected chi connectivity index (χ2v) is 4.26. The molecule has 0 aliphatic heterocycles. The lowest BCUT2D eigenvalue weighted by molar-refractivity contribution is -0.116. The Balaban J connectivity index is 2.07. The van der Waals surface area contributed by atoms with Gasteiger partial charge < -0.3 is 16.0 Å². The predicted molar refractivity (Wildman–Crippen MR) is 73.8 cm³/mol. The van der Waals surface area contributed by atoms with E-state index in [0.29, 0.717) is 0 Å². The molecule has 0 bridgehead atoms. The van der Waals surface area contributed by atoms with Gasteiger partial charge in [0.05, 0.1) is 11.4 Å². The molecule has 7 nitrogen and oxygen atoms in total. The summed E-state index contributed by atoms with van der Waals surface area (Å²) in [6.45, 7) is 0.0754. The molecule has 0 spiro atoms. The minimum Gasteiger partial charge on any atom is -0.376 e. The fourth-order valence-electron chi connectivity index (χ4n) is 1.69. The maximum absolute atomic E-state index is 11.9. The van der Waals surface area contributed by atoms with Crippen LogP contribution >= 0.6 is 0 Å². The highest BCUT2D eigenvalue weighted by Crippen LogP contribution is 2.23. The van der Waals surface area contributed by atoms with Crippen molar-refractivity contribution in [3.63, 3.8) is 0 Å². The Bertz CT molecular complexity index is 577. The molecule has 2 rings (SSSR count). The van der Waals surface area contributed by atoms with Gasteiger partial charge in [-0.1, -0.05) is 12.1 Å². The first-order valence-corrected chi connectivity index (χ1v) is 5.77. The average Bonchev–Trinajstić information content (AvgIpc) is 2.75. The standard InChI is InChI=1S/C12H16N6O/c1-17(2)10-6-4-3-5-9(10)15-11(19)7-18-8-14-12(13)16-18/h3-6,8H,7H2,1-2H3,(H2,13,16)(H,15,19). The number of rotatable bonds is 4. The Morgan fingerprint density at radius 3 is 2.79 bits per heavy atom. The Kier molecular flexibility index (Phi) is 3.65. The van der Waals surface area contributed by atoms with Crippen LogP contribution in [0.25, 0.3) is 0 Å². The van der Waals surface area contributed by atoms with Crippen LogP contribution < -0.4 is 16.0 Å². The number of hydrogen-bond acceptors (Lipinski definition) is 5. The summed E-state index contributed by atoms with van der Waals surface area (Å²) >= 11 is 0. The second-order valence-electron chi connectivity index (χ2n) is 4.26. The van der Waals surface area contributed by atoms with Crippen LogP contribution in [0, 0.1) is 0 Å². The van der Waals surface area contributed by atoms with Crippen LogP contribution in [0.1, 0.15) is 0 Å². The van der Waals surface area contributed by atoms with E-state index < -0.39 is 0 Å². The van der Waals surface area contributed by atoms with Crippen molar-refractivity contribution >= 4 is 23.2 Å². The second kappa shape index (κ2) is 5.38. The monoisotopic (exact) mass is 260 g/mol. The number of nitrogen functional groups attached to an aromatic ring is 1. The van der Waals surface area contributed by atoms with Crippen LogP contribution in [0.2, 0.25) is 0 Å². The van der Waals surface area contributed by atoms with Crippen molar-refractivity contribution in [2.24, 2.45) is 0 Å². The van der Waals surface area contributed by atoms with E-state index in [1.54, 1.807) is 0 Å². The summed E-state index contributed by atoms with van der Waals surface area (Å²) in [7, 11) is 3.84. The number of nitrogens with two attached hydrogens (primary N) is 1. The lowest BCUT2D eigenvalue weighted by atomic mass is 10.2. The number of benzene rings is 1. The number of nitrogens with one attached hydrogen (secondary N) is 1. The molecule has 0 aliphatic rings. The quantitative estimate of drug-likeness (QED) is 0.838. The van der Waals surface area contributed by atoms with E-state index in [2.05, 4.69) is 15.4 Å². The van der Waals surface area contributed by atoms with Gasteiger partial charge in [-0.25, -0.2) is 9.67 Å². The van der Waals surface area contributed by atoms with Crippen LogP contribution in [0.3, 0.4) is 0 Å². The third-order valence-electron chi connectivity index (χ3n) is 2.52. The fraction of sp³-hybridized carbons (Fsp3) is 0.250. The van der Waals surface area contributed by atoms with Crippen LogP contribution in [-0.2, 0) is 11.3 Å². The summed E-state index contributed by atoms with van der Waals surface area (Å²) in [6, 6.07) is 7.57.